The van der Waals surface area contributed by atoms with Crippen LogP contribution in [-0.4, -0.2) is 17.2 Å². The van der Waals surface area contributed by atoms with Crippen molar-refractivity contribution in [2.24, 2.45) is 0 Å². The lowest BCUT2D eigenvalue weighted by atomic mass is 9.86. The zero-order valence-electron chi connectivity index (χ0n) is 34.9. The Morgan fingerprint density at radius 3 is 1.64 bits per heavy atom. The second kappa shape index (κ2) is 13.9. The van der Waals surface area contributed by atoms with Gasteiger partial charge in [-0.25, -0.2) is 0 Å². The number of hydrogen-bond acceptors (Lipinski definition) is 0. The molecule has 0 bridgehead atoms. The molecule has 0 aliphatic rings. The summed E-state index contributed by atoms with van der Waals surface area (Å²) >= 11 is 0. The Morgan fingerprint density at radius 1 is 0.373 bits per heavy atom. The molecule has 10 aromatic rings. The molecule has 0 unspecified atom stereocenters. The summed E-state index contributed by atoms with van der Waals surface area (Å²) in [6, 6.07) is 72.9. The summed E-state index contributed by atoms with van der Waals surface area (Å²) in [7, 11) is -2.64. The summed E-state index contributed by atoms with van der Waals surface area (Å²) < 4.78 is 5.04. The standard InChI is InChI=1S/C56H50N2Si/c1-55(2,3)41-32-35-50-48(37-41)46-34-33-45(59(56(4,5)6,43-24-12-8-13-25-43)44-26-14-9-15-27-44)38-53(46)58(50)52-31-19-30-51-54(52)47-28-16-17-29-49(47)57(51)42-23-18-22-40(36-42)39-20-10-7-11-21-39/h7-38H,1-6H3. The quantitative estimate of drug-likeness (QED) is 0.118. The Balaban J connectivity index is 1.32. The van der Waals surface area contributed by atoms with Gasteiger partial charge in [-0.3, -0.25) is 0 Å². The number of nitrogens with zero attached hydrogens (tertiary/aromatic N) is 2. The third-order valence-corrected chi connectivity index (χ3v) is 18.6. The van der Waals surface area contributed by atoms with E-state index in [1.54, 1.807) is 0 Å². The van der Waals surface area contributed by atoms with Crippen LogP contribution in [0.2, 0.25) is 5.04 Å². The van der Waals surface area contributed by atoms with Crippen LogP contribution >= 0.6 is 0 Å². The average Bonchev–Trinajstić information content (AvgIpc) is 3.77. The Labute approximate surface area is 349 Å². The molecule has 3 heteroatoms. The second-order valence-corrected chi connectivity index (χ2v) is 23.0. The van der Waals surface area contributed by atoms with Gasteiger partial charge in [0.25, 0.3) is 0 Å². The predicted octanol–water partition coefficient (Wildman–Crippen LogP) is 13.1. The first-order chi connectivity index (χ1) is 28.6. The summed E-state index contributed by atoms with van der Waals surface area (Å²) in [5.41, 5.74) is 11.0. The fraction of sp³-hybridized carbons (Fsp3) is 0.143. The number of fused-ring (bicyclic) bond motifs is 6. The largest absolute Gasteiger partial charge is 0.309 e. The minimum absolute atomic E-state index is 0.0131. The van der Waals surface area contributed by atoms with Gasteiger partial charge in [0.2, 0.25) is 0 Å². The number of para-hydroxylation sites is 1. The highest BCUT2D eigenvalue weighted by Gasteiger charge is 2.49. The molecule has 0 fully saturated rings. The van der Waals surface area contributed by atoms with Gasteiger partial charge in [0.1, 0.15) is 0 Å². The first-order valence-corrected chi connectivity index (χ1v) is 22.9. The predicted molar refractivity (Wildman–Crippen MR) is 257 cm³/mol. The molecule has 2 nitrogen and oxygen atoms in total. The van der Waals surface area contributed by atoms with Crippen molar-refractivity contribution in [2.75, 3.05) is 0 Å². The van der Waals surface area contributed by atoms with E-state index >= 15 is 0 Å². The third-order valence-electron chi connectivity index (χ3n) is 12.7. The molecule has 0 saturated carbocycles. The zero-order chi connectivity index (χ0) is 40.5. The molecule has 288 valence electrons. The fourth-order valence-corrected chi connectivity index (χ4v) is 15.7. The van der Waals surface area contributed by atoms with E-state index in [0.717, 1.165) is 5.69 Å². The first-order valence-electron chi connectivity index (χ1n) is 20.9. The fourth-order valence-electron chi connectivity index (χ4n) is 10.1. The van der Waals surface area contributed by atoms with E-state index in [-0.39, 0.29) is 10.5 Å². The molecule has 0 N–H and O–H groups in total. The Kier molecular flexibility index (Phi) is 8.66. The molecule has 59 heavy (non-hydrogen) atoms. The molecule has 0 aliphatic carbocycles. The maximum absolute atomic E-state index is 2.64. The van der Waals surface area contributed by atoms with Crippen LogP contribution in [0.4, 0.5) is 0 Å². The van der Waals surface area contributed by atoms with Crippen LogP contribution in [0.25, 0.3) is 66.1 Å². The molecule has 2 heterocycles. The van der Waals surface area contributed by atoms with Crippen LogP contribution in [0.15, 0.2) is 194 Å². The van der Waals surface area contributed by atoms with Crippen molar-refractivity contribution in [1.29, 1.82) is 0 Å². The van der Waals surface area contributed by atoms with E-state index < -0.39 is 8.07 Å². The summed E-state index contributed by atoms with van der Waals surface area (Å²) in [6.07, 6.45) is 0. The maximum atomic E-state index is 2.58. The van der Waals surface area contributed by atoms with Crippen molar-refractivity contribution >= 4 is 67.2 Å². The zero-order valence-corrected chi connectivity index (χ0v) is 35.9. The molecule has 2 aromatic heterocycles. The highest BCUT2D eigenvalue weighted by molar-refractivity contribution is 7.13. The summed E-state index contributed by atoms with van der Waals surface area (Å²) in [6.45, 7) is 14.3. The lowest BCUT2D eigenvalue weighted by Crippen LogP contribution is -2.72. The highest BCUT2D eigenvalue weighted by Crippen LogP contribution is 2.42. The molecule has 10 rings (SSSR count). The highest BCUT2D eigenvalue weighted by atomic mass is 28.3. The summed E-state index contributed by atoms with van der Waals surface area (Å²) in [5, 5.41) is 9.30. The van der Waals surface area contributed by atoms with Gasteiger partial charge in [-0.15, -0.1) is 0 Å². The van der Waals surface area contributed by atoms with Crippen LogP contribution in [0.5, 0.6) is 0 Å². The smallest absolute Gasteiger partial charge is 0.153 e. The molecule has 0 spiro atoms. The van der Waals surface area contributed by atoms with E-state index in [1.165, 1.54) is 81.5 Å². The lowest BCUT2D eigenvalue weighted by Gasteiger charge is -2.44. The van der Waals surface area contributed by atoms with E-state index in [1.807, 2.05) is 0 Å². The maximum Gasteiger partial charge on any atom is 0.153 e. The van der Waals surface area contributed by atoms with E-state index in [2.05, 4.69) is 245 Å². The summed E-state index contributed by atoms with van der Waals surface area (Å²) in [5.74, 6) is 0. The minimum atomic E-state index is -2.64. The molecule has 0 atom stereocenters. The topological polar surface area (TPSA) is 9.86 Å². The first kappa shape index (κ1) is 36.9. The molecule has 0 aliphatic heterocycles. The van der Waals surface area contributed by atoms with Gasteiger partial charge in [0.05, 0.1) is 27.8 Å². The molecular formula is C56H50N2Si. The molecule has 0 amide bonds. The average molecular weight is 779 g/mol. The van der Waals surface area contributed by atoms with Crippen molar-refractivity contribution in [3.63, 3.8) is 0 Å². The molecule has 0 radical (unpaired) electrons. The van der Waals surface area contributed by atoms with Gasteiger partial charge in [0, 0.05) is 27.2 Å². The second-order valence-electron chi connectivity index (χ2n) is 18.2. The van der Waals surface area contributed by atoms with E-state index in [9.17, 15) is 0 Å². The Bertz CT molecular complexity index is 3120. The summed E-state index contributed by atoms with van der Waals surface area (Å²) in [4.78, 5) is 0. The Hall–Kier alpha value is -6.42. The third kappa shape index (κ3) is 5.82. The normalized spacial score (nSPS) is 12.6. The van der Waals surface area contributed by atoms with Crippen LogP contribution < -0.4 is 15.6 Å². The van der Waals surface area contributed by atoms with Gasteiger partial charge in [-0.05, 0) is 91.2 Å². The molecular weight excluding hydrogens is 729 g/mol. The van der Waals surface area contributed by atoms with Gasteiger partial charge in [-0.2, -0.15) is 0 Å². The minimum Gasteiger partial charge on any atom is -0.309 e. The van der Waals surface area contributed by atoms with Gasteiger partial charge in [-0.1, -0.05) is 187 Å². The van der Waals surface area contributed by atoms with Crippen LogP contribution in [0.1, 0.15) is 47.1 Å². The van der Waals surface area contributed by atoms with E-state index in [0.29, 0.717) is 0 Å². The van der Waals surface area contributed by atoms with Crippen LogP contribution in [-0.2, 0) is 5.41 Å². The number of benzene rings is 8. The van der Waals surface area contributed by atoms with Crippen molar-refractivity contribution in [2.45, 2.75) is 52.0 Å². The van der Waals surface area contributed by atoms with Gasteiger partial charge >= 0.3 is 0 Å². The van der Waals surface area contributed by atoms with Gasteiger partial charge in [0.15, 0.2) is 8.07 Å². The number of aromatic nitrogens is 2. The Morgan fingerprint density at radius 2 is 0.966 bits per heavy atom. The van der Waals surface area contributed by atoms with Gasteiger partial charge < -0.3 is 9.13 Å². The SMILES string of the molecule is CC(C)(C)c1ccc2c(c1)c1ccc([Si](c3ccccc3)(c3ccccc3)C(C)(C)C)cc1n2-c1cccc2c1c1ccccc1n2-c1cccc(-c2ccccc2)c1. The van der Waals surface area contributed by atoms with Crippen molar-refractivity contribution in [3.05, 3.63) is 200 Å². The van der Waals surface area contributed by atoms with E-state index in [4.69, 9.17) is 0 Å². The van der Waals surface area contributed by atoms with Crippen molar-refractivity contribution in [3.8, 4) is 22.5 Å². The van der Waals surface area contributed by atoms with Crippen LogP contribution in [0.3, 0.4) is 0 Å². The molecule has 0 saturated heterocycles. The van der Waals surface area contributed by atoms with Crippen molar-refractivity contribution < 1.29 is 0 Å². The number of hydrogen-bond donors (Lipinski definition) is 0. The number of rotatable bonds is 6. The van der Waals surface area contributed by atoms with Crippen molar-refractivity contribution in [1.82, 2.24) is 9.13 Å². The molecule has 8 aromatic carbocycles. The van der Waals surface area contributed by atoms with Crippen LogP contribution in [0, 0.1) is 0 Å². The lowest BCUT2D eigenvalue weighted by molar-refractivity contribution is 0.591. The monoisotopic (exact) mass is 778 g/mol.